The molecule has 3 aromatic rings. The van der Waals surface area contributed by atoms with Crippen LogP contribution in [0.2, 0.25) is 0 Å². The van der Waals surface area contributed by atoms with Crippen molar-refractivity contribution in [3.63, 3.8) is 0 Å². The summed E-state index contributed by atoms with van der Waals surface area (Å²) < 4.78 is 0. The second-order valence-corrected chi connectivity index (χ2v) is 12.3. The maximum Gasteiger partial charge on any atom is 0.102 e. The van der Waals surface area contributed by atoms with Gasteiger partial charge in [0.05, 0.1) is 7.92 Å². The van der Waals surface area contributed by atoms with Crippen LogP contribution in [0.5, 0.6) is 0 Å². The Labute approximate surface area is 256 Å². The number of hydrogen-bond donors (Lipinski definition) is 4. The zero-order valence-corrected chi connectivity index (χ0v) is 26.8. The Hall–Kier alpha value is -3.52. The third kappa shape index (κ3) is 18.5. The van der Waals surface area contributed by atoms with Crippen molar-refractivity contribution < 1.29 is 37.6 Å². The molecule has 1 radical (unpaired) electrons. The van der Waals surface area contributed by atoms with Gasteiger partial charge in [0.25, 0.3) is 0 Å². The van der Waals surface area contributed by atoms with Crippen LogP contribution in [0.25, 0.3) is 0 Å². The first-order chi connectivity index (χ1) is 18.9. The molecule has 225 valence electrons. The summed E-state index contributed by atoms with van der Waals surface area (Å²) in [6.07, 6.45) is 0. The number of benzene rings is 3. The molecule has 0 saturated heterocycles. The second-order valence-electron chi connectivity index (χ2n) is 9.78. The van der Waals surface area contributed by atoms with E-state index in [1.54, 1.807) is 0 Å². The molecule has 0 aliphatic heterocycles. The summed E-state index contributed by atoms with van der Waals surface area (Å²) in [5, 5.41) is 47.6. The van der Waals surface area contributed by atoms with Gasteiger partial charge < -0.3 is 27.8 Å². The average Bonchev–Trinajstić information content (AvgIpc) is 2.97. The van der Waals surface area contributed by atoms with Crippen LogP contribution in [0.1, 0.15) is 48.5 Å². The van der Waals surface area contributed by atoms with Crippen LogP contribution >= 0.6 is 7.92 Å². The number of hydrogen-bond acceptors (Lipinski definition) is 8. The summed E-state index contributed by atoms with van der Waals surface area (Å²) in [5.74, 6) is 0. The smallest absolute Gasteiger partial charge is 0.102 e. The van der Waals surface area contributed by atoms with Crippen LogP contribution in [-0.2, 0) is 16.8 Å². The Morgan fingerprint density at radius 3 is 0.829 bits per heavy atom. The maximum absolute atomic E-state index is 8.03. The van der Waals surface area contributed by atoms with Gasteiger partial charge in [-0.3, -0.25) is 0 Å². The molecule has 0 aliphatic rings. The summed E-state index contributed by atoms with van der Waals surface area (Å²) in [7, 11) is -0.877. The van der Waals surface area contributed by atoms with Crippen LogP contribution < -0.4 is 15.9 Å². The number of nitrogens with zero attached hydrogens (tertiary/aromatic N) is 4. The van der Waals surface area contributed by atoms with E-state index in [-0.39, 0.29) is 22.2 Å². The molecule has 0 bridgehead atoms. The van der Waals surface area contributed by atoms with Crippen molar-refractivity contribution in [2.24, 2.45) is 26.0 Å². The molecule has 3 aromatic carbocycles. The molecule has 0 atom stereocenters. The van der Waals surface area contributed by atoms with E-state index in [4.69, 9.17) is 20.8 Å². The fourth-order valence-electron chi connectivity index (χ4n) is 2.60. The van der Waals surface area contributed by atoms with Gasteiger partial charge in [-0.1, -0.05) is 96.0 Å². The van der Waals surface area contributed by atoms with E-state index >= 15 is 0 Å². The van der Waals surface area contributed by atoms with Gasteiger partial charge in [-0.25, -0.2) is 0 Å². The van der Waals surface area contributed by atoms with E-state index in [1.807, 2.05) is 0 Å². The fraction of sp³-hybridized carbons (Fsp3) is 0.258. The van der Waals surface area contributed by atoms with Gasteiger partial charge in [-0.2, -0.15) is 5.41 Å². The summed E-state index contributed by atoms with van der Waals surface area (Å²) in [5.41, 5.74) is 1.50. The van der Waals surface area contributed by atoms with Crippen molar-refractivity contribution in [2.75, 3.05) is 0 Å². The Kier molecular flexibility index (Phi) is 21.5. The van der Waals surface area contributed by atoms with Crippen molar-refractivity contribution >= 4 is 46.7 Å². The summed E-state index contributed by atoms with van der Waals surface area (Å²) in [6, 6.07) is 32.5. The number of rotatable bonds is 5. The summed E-state index contributed by atoms with van der Waals surface area (Å²) >= 11 is 0. The molecule has 0 heterocycles. The van der Waals surface area contributed by atoms with Crippen molar-refractivity contribution in [3.8, 4) is 0 Å². The molecule has 8 nitrogen and oxygen atoms in total. The Bertz CT molecular complexity index is 1050. The Morgan fingerprint density at radius 1 is 0.512 bits per heavy atom. The minimum Gasteiger partial charge on any atom is -0.411 e. The van der Waals surface area contributed by atoms with E-state index in [1.165, 1.54) is 43.6 Å². The van der Waals surface area contributed by atoms with E-state index in [9.17, 15) is 0 Å². The fourth-order valence-corrected chi connectivity index (χ4v) is 5.18. The van der Waals surface area contributed by atoms with Gasteiger partial charge in [-0.15, -0.1) is 0 Å². The van der Waals surface area contributed by atoms with Gasteiger partial charge in [0, 0.05) is 16.8 Å². The molecular formula is C31H43CoN4O4P. The van der Waals surface area contributed by atoms with Crippen LogP contribution in [0.4, 0.5) is 0 Å². The molecular weight excluding hydrogens is 582 g/mol. The molecule has 3 rings (SSSR count). The third-order valence-electron chi connectivity index (χ3n) is 4.83. The first-order valence-corrected chi connectivity index (χ1v) is 14.0. The Morgan fingerprint density at radius 2 is 0.683 bits per heavy atom. The predicted molar refractivity (Wildman–Crippen MR) is 171 cm³/mol. The van der Waals surface area contributed by atoms with Gasteiger partial charge in [0.15, 0.2) is 0 Å². The van der Waals surface area contributed by atoms with Crippen LogP contribution in [0.15, 0.2) is 112 Å². The van der Waals surface area contributed by atoms with Crippen molar-refractivity contribution in [2.45, 2.75) is 48.5 Å². The molecule has 0 fully saturated rings. The summed E-state index contributed by atoms with van der Waals surface area (Å²) in [4.78, 5) is 0. The van der Waals surface area contributed by atoms with Crippen LogP contribution in [0.3, 0.4) is 0 Å². The first kappa shape index (κ1) is 39.6. The molecule has 0 amide bonds. The molecule has 41 heavy (non-hydrogen) atoms. The van der Waals surface area contributed by atoms with Crippen LogP contribution in [-0.4, -0.2) is 43.7 Å². The SMILES string of the molecule is CC(=NO)C(C)=NO.CC(=NO)C(C)=NO.[CH2-]C(C)(C)C.[Co].c1ccc([PH+](c2ccccc2)c2ccccc2)cc1. The second kappa shape index (κ2) is 22.2. The van der Waals surface area contributed by atoms with E-state index in [2.05, 4.69) is 139 Å². The number of oxime groups is 4. The maximum atomic E-state index is 8.03. The zero-order chi connectivity index (χ0) is 30.6. The van der Waals surface area contributed by atoms with E-state index in [0.717, 1.165) is 0 Å². The van der Waals surface area contributed by atoms with Gasteiger partial charge in [0.1, 0.15) is 38.8 Å². The minimum atomic E-state index is -0.877. The quantitative estimate of drug-likeness (QED) is 0.0858. The van der Waals surface area contributed by atoms with Gasteiger partial charge in [0.2, 0.25) is 0 Å². The van der Waals surface area contributed by atoms with Crippen molar-refractivity contribution in [3.05, 3.63) is 97.9 Å². The molecule has 0 aliphatic carbocycles. The van der Waals surface area contributed by atoms with E-state index in [0.29, 0.717) is 22.8 Å². The molecule has 0 spiro atoms. The molecule has 0 unspecified atom stereocenters. The normalized spacial score (nSPS) is 11.9. The predicted octanol–water partition coefficient (Wildman–Crippen LogP) is 6.41. The standard InChI is InChI=1S/C18H15P.C5H11.2C4H8N2O2.Co/c1-4-10-16(11-5-1)19(17-12-6-2-7-13-17)18-14-8-3-9-15-18;1-5(2,3)4;2*1-3(5-7)4(2)6-8;/h1-15H;1H2,2-4H3;2*7-8H,1-2H3;/q;-1;;;/p+1. The van der Waals surface area contributed by atoms with Crippen LogP contribution in [0, 0.1) is 12.3 Å². The topological polar surface area (TPSA) is 130 Å². The molecule has 4 N–H and O–H groups in total. The first-order valence-electron chi connectivity index (χ1n) is 12.5. The van der Waals surface area contributed by atoms with Crippen molar-refractivity contribution in [1.29, 1.82) is 0 Å². The van der Waals surface area contributed by atoms with Gasteiger partial charge >= 0.3 is 0 Å². The van der Waals surface area contributed by atoms with Crippen molar-refractivity contribution in [1.82, 2.24) is 0 Å². The monoisotopic (exact) mass is 625 g/mol. The average molecular weight is 626 g/mol. The third-order valence-corrected chi connectivity index (χ3v) is 7.57. The Balaban J connectivity index is 0. The largest absolute Gasteiger partial charge is 0.411 e. The van der Waals surface area contributed by atoms with E-state index < -0.39 is 7.92 Å². The molecule has 0 aromatic heterocycles. The van der Waals surface area contributed by atoms with Gasteiger partial charge in [-0.05, 0) is 64.1 Å². The molecule has 10 heteroatoms. The molecule has 0 saturated carbocycles. The zero-order valence-electron chi connectivity index (χ0n) is 24.8. The summed E-state index contributed by atoms with van der Waals surface area (Å²) in [6.45, 7) is 16.1. The minimum absolute atomic E-state index is 0.